The van der Waals surface area contributed by atoms with E-state index in [1.165, 1.54) is 6.07 Å². The second-order valence-electron chi connectivity index (χ2n) is 7.22. The zero-order chi connectivity index (χ0) is 20.0. The van der Waals surface area contributed by atoms with Crippen molar-refractivity contribution in [2.45, 2.75) is 39.7 Å². The van der Waals surface area contributed by atoms with Gasteiger partial charge in [0.2, 0.25) is 0 Å². The summed E-state index contributed by atoms with van der Waals surface area (Å²) in [4.78, 5) is 36.7. The predicted octanol–water partition coefficient (Wildman–Crippen LogP) is 2.52. The van der Waals surface area contributed by atoms with E-state index in [0.29, 0.717) is 37.5 Å². The van der Waals surface area contributed by atoms with Crippen LogP contribution in [0.1, 0.15) is 33.6 Å². The lowest BCUT2D eigenvalue weighted by Gasteiger charge is -2.32. The summed E-state index contributed by atoms with van der Waals surface area (Å²) in [5, 5.41) is 14.0. The highest BCUT2D eigenvalue weighted by molar-refractivity contribution is 5.81. The summed E-state index contributed by atoms with van der Waals surface area (Å²) >= 11 is 0. The molecule has 0 saturated carbocycles. The van der Waals surface area contributed by atoms with Crippen molar-refractivity contribution in [1.29, 1.82) is 0 Å². The SMILES string of the molecule is CC(C)[C@H](C)NC(=O)COC(=O)C1CCN(c2ccccc2[N+](=O)[O-])CC1. The number of anilines is 1. The number of benzene rings is 1. The number of para-hydroxylation sites is 2. The fourth-order valence-corrected chi connectivity index (χ4v) is 2.96. The van der Waals surface area contributed by atoms with E-state index < -0.39 is 4.92 Å². The van der Waals surface area contributed by atoms with Gasteiger partial charge < -0.3 is 15.0 Å². The number of nitro groups is 1. The van der Waals surface area contributed by atoms with E-state index in [4.69, 9.17) is 4.74 Å². The second kappa shape index (κ2) is 9.34. The molecule has 1 N–H and O–H groups in total. The lowest BCUT2D eigenvalue weighted by Crippen LogP contribution is -2.40. The van der Waals surface area contributed by atoms with Gasteiger partial charge in [-0.2, -0.15) is 0 Å². The van der Waals surface area contributed by atoms with E-state index in [0.717, 1.165) is 0 Å². The minimum Gasteiger partial charge on any atom is -0.455 e. The third-order valence-corrected chi connectivity index (χ3v) is 4.98. The van der Waals surface area contributed by atoms with Crippen LogP contribution in [-0.4, -0.2) is 42.5 Å². The first-order valence-corrected chi connectivity index (χ1v) is 9.24. The van der Waals surface area contributed by atoms with Crippen LogP contribution in [0, 0.1) is 22.0 Å². The van der Waals surface area contributed by atoms with Gasteiger partial charge in [0.15, 0.2) is 6.61 Å². The van der Waals surface area contributed by atoms with Crippen LogP contribution in [0.15, 0.2) is 24.3 Å². The standard InChI is InChI=1S/C19H27N3O5/c1-13(2)14(3)20-18(23)12-27-19(24)15-8-10-21(11-9-15)16-6-4-5-7-17(16)22(25)26/h4-7,13-15H,8-12H2,1-3H3,(H,20,23)/t14-/m0/s1. The smallest absolute Gasteiger partial charge is 0.309 e. The number of hydrogen-bond donors (Lipinski definition) is 1. The number of carbonyl (C=O) groups is 2. The number of rotatable bonds is 7. The summed E-state index contributed by atoms with van der Waals surface area (Å²) in [6, 6.07) is 6.61. The first-order valence-electron chi connectivity index (χ1n) is 9.24. The number of amides is 1. The van der Waals surface area contributed by atoms with Crippen LogP contribution < -0.4 is 10.2 Å². The molecule has 1 atom stereocenters. The molecular weight excluding hydrogens is 350 g/mol. The van der Waals surface area contributed by atoms with Crippen molar-refractivity contribution < 1.29 is 19.2 Å². The Bertz CT molecular complexity index is 684. The van der Waals surface area contributed by atoms with Crippen molar-refractivity contribution in [2.24, 2.45) is 11.8 Å². The maximum absolute atomic E-state index is 12.2. The highest BCUT2D eigenvalue weighted by atomic mass is 16.6. The Balaban J connectivity index is 1.83. The maximum atomic E-state index is 12.2. The number of carbonyl (C=O) groups excluding carboxylic acids is 2. The number of hydrogen-bond acceptors (Lipinski definition) is 6. The van der Waals surface area contributed by atoms with Gasteiger partial charge in [0, 0.05) is 25.2 Å². The average Bonchev–Trinajstić information content (AvgIpc) is 2.66. The lowest BCUT2D eigenvalue weighted by molar-refractivity contribution is -0.384. The van der Waals surface area contributed by atoms with Crippen molar-refractivity contribution in [3.05, 3.63) is 34.4 Å². The summed E-state index contributed by atoms with van der Waals surface area (Å²) in [5.74, 6) is -0.679. The summed E-state index contributed by atoms with van der Waals surface area (Å²) in [5.41, 5.74) is 0.630. The molecule has 1 amide bonds. The number of piperidine rings is 1. The van der Waals surface area contributed by atoms with Crippen molar-refractivity contribution in [1.82, 2.24) is 5.32 Å². The topological polar surface area (TPSA) is 102 Å². The van der Waals surface area contributed by atoms with Crippen LogP contribution in [0.4, 0.5) is 11.4 Å². The van der Waals surface area contributed by atoms with Crippen LogP contribution in [0.3, 0.4) is 0 Å². The molecule has 1 aromatic rings. The van der Waals surface area contributed by atoms with Gasteiger partial charge in [-0.15, -0.1) is 0 Å². The monoisotopic (exact) mass is 377 g/mol. The molecule has 1 aliphatic rings. The second-order valence-corrected chi connectivity index (χ2v) is 7.22. The summed E-state index contributed by atoms with van der Waals surface area (Å²) in [6.07, 6.45) is 1.07. The molecule has 27 heavy (non-hydrogen) atoms. The largest absolute Gasteiger partial charge is 0.455 e. The van der Waals surface area contributed by atoms with Gasteiger partial charge >= 0.3 is 5.97 Å². The molecule has 0 aromatic heterocycles. The highest BCUT2D eigenvalue weighted by Crippen LogP contribution is 2.31. The molecule has 8 nitrogen and oxygen atoms in total. The third kappa shape index (κ3) is 5.67. The van der Waals surface area contributed by atoms with E-state index in [1.807, 2.05) is 25.7 Å². The van der Waals surface area contributed by atoms with Gasteiger partial charge in [0.1, 0.15) is 5.69 Å². The molecule has 1 fully saturated rings. The molecule has 0 bridgehead atoms. The van der Waals surface area contributed by atoms with Crippen molar-refractivity contribution in [2.75, 3.05) is 24.6 Å². The number of nitrogens with one attached hydrogen (secondary N) is 1. The number of ether oxygens (including phenoxy) is 1. The zero-order valence-corrected chi connectivity index (χ0v) is 16.0. The van der Waals surface area contributed by atoms with E-state index in [-0.39, 0.29) is 36.1 Å². The molecule has 1 heterocycles. The molecular formula is C19H27N3O5. The molecule has 148 valence electrons. The quantitative estimate of drug-likeness (QED) is 0.445. The van der Waals surface area contributed by atoms with Crippen molar-refractivity contribution in [3.8, 4) is 0 Å². The Morgan fingerprint density at radius 3 is 2.48 bits per heavy atom. The molecule has 0 aliphatic carbocycles. The van der Waals surface area contributed by atoms with Gasteiger partial charge in [-0.1, -0.05) is 26.0 Å². The molecule has 0 unspecified atom stereocenters. The Morgan fingerprint density at radius 2 is 1.89 bits per heavy atom. The Kier molecular flexibility index (Phi) is 7.15. The molecule has 1 aromatic carbocycles. The lowest BCUT2D eigenvalue weighted by atomic mass is 9.96. The summed E-state index contributed by atoms with van der Waals surface area (Å²) in [6.45, 7) is 6.69. The van der Waals surface area contributed by atoms with Gasteiger partial charge in [-0.05, 0) is 31.7 Å². The number of nitrogens with zero attached hydrogens (tertiary/aromatic N) is 2. The van der Waals surface area contributed by atoms with Crippen LogP contribution in [0.5, 0.6) is 0 Å². The maximum Gasteiger partial charge on any atom is 0.309 e. The van der Waals surface area contributed by atoms with Gasteiger partial charge in [0.05, 0.1) is 10.8 Å². The van der Waals surface area contributed by atoms with Gasteiger partial charge in [-0.25, -0.2) is 0 Å². The molecule has 0 spiro atoms. The van der Waals surface area contributed by atoms with Crippen LogP contribution in [0.25, 0.3) is 0 Å². The van der Waals surface area contributed by atoms with Crippen LogP contribution >= 0.6 is 0 Å². The Morgan fingerprint density at radius 1 is 1.26 bits per heavy atom. The molecule has 8 heteroatoms. The van der Waals surface area contributed by atoms with Gasteiger partial charge in [-0.3, -0.25) is 19.7 Å². The van der Waals surface area contributed by atoms with E-state index in [2.05, 4.69) is 5.32 Å². The highest BCUT2D eigenvalue weighted by Gasteiger charge is 2.29. The first kappa shape index (κ1) is 20.7. The average molecular weight is 377 g/mol. The van der Waals surface area contributed by atoms with Crippen molar-refractivity contribution >= 4 is 23.3 Å². The predicted molar refractivity (Wildman–Crippen MR) is 101 cm³/mol. The molecule has 0 radical (unpaired) electrons. The summed E-state index contributed by atoms with van der Waals surface area (Å²) < 4.78 is 5.15. The normalized spacial score (nSPS) is 16.1. The van der Waals surface area contributed by atoms with Crippen LogP contribution in [0.2, 0.25) is 0 Å². The fraction of sp³-hybridized carbons (Fsp3) is 0.579. The fourth-order valence-electron chi connectivity index (χ4n) is 2.96. The van der Waals surface area contributed by atoms with E-state index in [9.17, 15) is 19.7 Å². The minimum absolute atomic E-state index is 0.0149. The molecule has 2 rings (SSSR count). The van der Waals surface area contributed by atoms with Crippen LogP contribution in [-0.2, 0) is 14.3 Å². The Labute approximate surface area is 159 Å². The number of nitro benzene ring substituents is 1. The number of esters is 1. The van der Waals surface area contributed by atoms with E-state index >= 15 is 0 Å². The Hall–Kier alpha value is -2.64. The van der Waals surface area contributed by atoms with E-state index in [1.54, 1.807) is 18.2 Å². The zero-order valence-electron chi connectivity index (χ0n) is 16.0. The van der Waals surface area contributed by atoms with Gasteiger partial charge in [0.25, 0.3) is 11.6 Å². The molecule has 1 aliphatic heterocycles. The third-order valence-electron chi connectivity index (χ3n) is 4.98. The summed E-state index contributed by atoms with van der Waals surface area (Å²) in [7, 11) is 0. The first-order chi connectivity index (χ1) is 12.8. The molecule has 1 saturated heterocycles. The van der Waals surface area contributed by atoms with Crippen molar-refractivity contribution in [3.63, 3.8) is 0 Å². The minimum atomic E-state index is -0.396.